The van der Waals surface area contributed by atoms with Crippen LogP contribution >= 0.6 is 0 Å². The van der Waals surface area contributed by atoms with Gasteiger partial charge in [-0.2, -0.15) is 0 Å². The zero-order chi connectivity index (χ0) is 21.7. The molecule has 0 N–H and O–H groups in total. The molecule has 0 aliphatic rings. The third kappa shape index (κ3) is 9.17. The molecule has 0 radical (unpaired) electrons. The summed E-state index contributed by atoms with van der Waals surface area (Å²) in [5.41, 5.74) is -1.19. The molecule has 0 atom stereocenters. The third-order valence-corrected chi connectivity index (χ3v) is 5.71. The van der Waals surface area contributed by atoms with E-state index in [-0.39, 0.29) is 0 Å². The molecule has 0 saturated heterocycles. The van der Waals surface area contributed by atoms with Crippen molar-refractivity contribution in [3.8, 4) is 11.5 Å². The number of carbonyl (C=O) groups excluding carboxylic acids is 2. The topological polar surface area (TPSA) is 71.1 Å². The van der Waals surface area contributed by atoms with E-state index in [0.29, 0.717) is 11.5 Å². The van der Waals surface area contributed by atoms with Gasteiger partial charge in [0.15, 0.2) is 0 Å². The zero-order valence-electron chi connectivity index (χ0n) is 17.4. The van der Waals surface area contributed by atoms with Gasteiger partial charge in [-0.1, -0.05) is 0 Å². The zero-order valence-corrected chi connectivity index (χ0v) is 19.6. The molecule has 0 heterocycles. The number of halogens is 1. The Hall–Kier alpha value is -2.29. The SMILES string of the molecule is CC(C)(C)OC(=O)Oc1ccc([I-]c2ccc(OC(=O)OC(C)(C)C)cc2)cc1. The van der Waals surface area contributed by atoms with Crippen LogP contribution in [0.2, 0.25) is 0 Å². The number of hydrogen-bond donors (Lipinski definition) is 0. The van der Waals surface area contributed by atoms with Crippen molar-refractivity contribution in [3.05, 3.63) is 55.7 Å². The summed E-state index contributed by atoms with van der Waals surface area (Å²) in [5.74, 6) is 0.876. The van der Waals surface area contributed by atoms with Gasteiger partial charge in [-0.3, -0.25) is 0 Å². The number of carbonyl (C=O) groups is 2. The Labute approximate surface area is 181 Å². The van der Waals surface area contributed by atoms with Gasteiger partial charge in [0.05, 0.1) is 0 Å². The van der Waals surface area contributed by atoms with E-state index in [1.165, 1.54) is 0 Å². The van der Waals surface area contributed by atoms with E-state index < -0.39 is 44.7 Å². The third-order valence-electron chi connectivity index (χ3n) is 3.03. The van der Waals surface area contributed by atoms with Crippen LogP contribution in [0.4, 0.5) is 9.59 Å². The normalized spacial score (nSPS) is 11.7. The van der Waals surface area contributed by atoms with Crippen LogP contribution in [-0.4, -0.2) is 23.5 Å². The molecule has 0 amide bonds. The van der Waals surface area contributed by atoms with Gasteiger partial charge in [-0.25, -0.2) is 0 Å². The number of ether oxygens (including phenoxy) is 4. The summed E-state index contributed by atoms with van der Waals surface area (Å²) < 4.78 is 22.9. The van der Waals surface area contributed by atoms with Crippen LogP contribution in [0.5, 0.6) is 11.5 Å². The summed E-state index contributed by atoms with van der Waals surface area (Å²) in [6, 6.07) is 14.7. The van der Waals surface area contributed by atoms with Crippen molar-refractivity contribution in [1.82, 2.24) is 0 Å². The predicted molar refractivity (Wildman–Crippen MR) is 104 cm³/mol. The standard InChI is InChI=1S/C22H26IO6/c1-21(2,3)28-19(24)26-17-11-7-15(8-12-17)23-16-9-13-18(14-10-16)27-20(25)29-22(4,5)6/h7-14H,1-6H3/q-1. The number of hydrogen-bond acceptors (Lipinski definition) is 6. The van der Waals surface area contributed by atoms with Crippen molar-refractivity contribution in [2.75, 3.05) is 0 Å². The molecule has 7 heteroatoms. The average molecular weight is 513 g/mol. The van der Waals surface area contributed by atoms with Gasteiger partial charge in [0.1, 0.15) is 0 Å². The van der Waals surface area contributed by atoms with E-state index in [9.17, 15) is 9.59 Å². The van der Waals surface area contributed by atoms with E-state index in [0.717, 1.165) is 7.14 Å². The minimum absolute atomic E-state index is 0.428. The van der Waals surface area contributed by atoms with E-state index in [2.05, 4.69) is 0 Å². The Morgan fingerprint density at radius 3 is 1.21 bits per heavy atom. The Morgan fingerprint density at radius 1 is 0.621 bits per heavy atom. The van der Waals surface area contributed by atoms with Crippen LogP contribution in [-0.2, 0) is 9.47 Å². The Kier molecular flexibility index (Phi) is 7.51. The van der Waals surface area contributed by atoms with E-state index in [1.54, 1.807) is 65.8 Å². The van der Waals surface area contributed by atoms with Gasteiger partial charge in [0.2, 0.25) is 0 Å². The fourth-order valence-corrected chi connectivity index (χ4v) is 4.15. The molecular weight excluding hydrogens is 487 g/mol. The Bertz CT molecular complexity index is 758. The quantitative estimate of drug-likeness (QED) is 0.356. The molecule has 0 aliphatic carbocycles. The monoisotopic (exact) mass is 513 g/mol. The molecule has 0 bridgehead atoms. The summed E-state index contributed by atoms with van der Waals surface area (Å²) in [7, 11) is 0. The summed E-state index contributed by atoms with van der Waals surface area (Å²) in [5, 5.41) is 0. The summed E-state index contributed by atoms with van der Waals surface area (Å²) in [6.45, 7) is 10.7. The van der Waals surface area contributed by atoms with Crippen LogP contribution in [0, 0.1) is 7.14 Å². The predicted octanol–water partition coefficient (Wildman–Crippen LogP) is 2.44. The summed E-state index contributed by atoms with van der Waals surface area (Å²) in [6.07, 6.45) is -1.44. The van der Waals surface area contributed by atoms with Crippen LogP contribution in [0.15, 0.2) is 48.5 Å². The molecule has 0 fully saturated rings. The molecule has 2 rings (SSSR count). The van der Waals surface area contributed by atoms with Crippen molar-refractivity contribution in [1.29, 1.82) is 0 Å². The van der Waals surface area contributed by atoms with Crippen molar-refractivity contribution in [2.24, 2.45) is 0 Å². The van der Waals surface area contributed by atoms with E-state index in [1.807, 2.05) is 24.3 Å². The van der Waals surface area contributed by atoms with Crippen LogP contribution in [0.25, 0.3) is 0 Å². The fraction of sp³-hybridized carbons (Fsp3) is 0.364. The molecule has 2 aromatic rings. The van der Waals surface area contributed by atoms with Gasteiger partial charge in [-0.05, 0) is 0 Å². The second-order valence-electron chi connectivity index (χ2n) is 8.14. The minimum atomic E-state index is -0.722. The van der Waals surface area contributed by atoms with Crippen molar-refractivity contribution < 1.29 is 49.7 Å². The molecule has 0 aromatic heterocycles. The average Bonchev–Trinajstić information content (AvgIpc) is 2.55. The molecule has 158 valence electrons. The van der Waals surface area contributed by atoms with Crippen LogP contribution < -0.4 is 30.7 Å². The van der Waals surface area contributed by atoms with E-state index >= 15 is 0 Å². The first-order valence-corrected chi connectivity index (χ1v) is 11.2. The summed E-state index contributed by atoms with van der Waals surface area (Å²) >= 11 is -0.428. The second kappa shape index (κ2) is 9.47. The van der Waals surface area contributed by atoms with Crippen molar-refractivity contribution >= 4 is 12.3 Å². The molecular formula is C22H26IO6-. The maximum atomic E-state index is 11.7. The molecule has 0 unspecified atom stereocenters. The molecule has 2 aromatic carbocycles. The molecule has 6 nitrogen and oxygen atoms in total. The van der Waals surface area contributed by atoms with Crippen molar-refractivity contribution in [3.63, 3.8) is 0 Å². The van der Waals surface area contributed by atoms with Gasteiger partial charge < -0.3 is 0 Å². The first kappa shape index (κ1) is 23.0. The summed E-state index contributed by atoms with van der Waals surface area (Å²) in [4.78, 5) is 23.4. The number of rotatable bonds is 4. The number of benzene rings is 2. The molecule has 0 spiro atoms. The fourth-order valence-electron chi connectivity index (χ4n) is 1.99. The Morgan fingerprint density at radius 2 is 0.931 bits per heavy atom. The first-order valence-electron chi connectivity index (χ1n) is 9.06. The second-order valence-corrected chi connectivity index (χ2v) is 11.2. The Balaban J connectivity index is 1.90. The van der Waals surface area contributed by atoms with Gasteiger partial charge in [-0.15, -0.1) is 0 Å². The van der Waals surface area contributed by atoms with Crippen LogP contribution in [0.1, 0.15) is 41.5 Å². The van der Waals surface area contributed by atoms with Gasteiger partial charge >= 0.3 is 182 Å². The van der Waals surface area contributed by atoms with Gasteiger partial charge in [0.25, 0.3) is 0 Å². The first-order chi connectivity index (χ1) is 13.4. The van der Waals surface area contributed by atoms with Crippen molar-refractivity contribution in [2.45, 2.75) is 52.7 Å². The molecule has 0 aliphatic heterocycles. The molecule has 0 saturated carbocycles. The van der Waals surface area contributed by atoms with Crippen LogP contribution in [0.3, 0.4) is 0 Å². The van der Waals surface area contributed by atoms with E-state index in [4.69, 9.17) is 18.9 Å². The maximum absolute atomic E-state index is 11.7. The molecule has 29 heavy (non-hydrogen) atoms. The van der Waals surface area contributed by atoms with Gasteiger partial charge in [0, 0.05) is 0 Å².